The molecule has 106 valence electrons. The van der Waals surface area contributed by atoms with Crippen molar-refractivity contribution in [2.45, 2.75) is 84.5 Å². The second kappa shape index (κ2) is 14.3. The molecule has 0 aliphatic rings. The molecule has 0 aromatic heterocycles. The highest BCUT2D eigenvalue weighted by atomic mass is 16.5. The maximum absolute atomic E-state index is 11.3. The van der Waals surface area contributed by atoms with Gasteiger partial charge in [0.15, 0.2) is 0 Å². The van der Waals surface area contributed by atoms with Crippen LogP contribution in [0.4, 0.5) is 0 Å². The molecule has 0 aliphatic heterocycles. The van der Waals surface area contributed by atoms with Crippen molar-refractivity contribution < 1.29 is 9.53 Å². The molecule has 0 N–H and O–H groups in total. The zero-order valence-corrected chi connectivity index (χ0v) is 12.2. The Morgan fingerprint density at radius 1 is 0.889 bits per heavy atom. The monoisotopic (exact) mass is 254 g/mol. The zero-order valence-electron chi connectivity index (χ0n) is 12.2. The number of hydrogen-bond acceptors (Lipinski definition) is 2. The van der Waals surface area contributed by atoms with Crippen molar-refractivity contribution in [1.29, 1.82) is 0 Å². The molecular formula is C16H30O2. The smallest absolute Gasteiger partial charge is 0.310 e. The average Bonchev–Trinajstić information content (AvgIpc) is 2.37. The lowest BCUT2D eigenvalue weighted by Gasteiger charge is -2.01. The van der Waals surface area contributed by atoms with Crippen LogP contribution in [0.5, 0.6) is 0 Å². The lowest BCUT2D eigenvalue weighted by molar-refractivity contribution is -0.138. The normalized spacial score (nSPS) is 11.0. The van der Waals surface area contributed by atoms with Gasteiger partial charge in [0, 0.05) is 6.42 Å². The molecule has 0 unspecified atom stereocenters. The van der Waals surface area contributed by atoms with Crippen LogP contribution in [0.25, 0.3) is 0 Å². The summed E-state index contributed by atoms with van der Waals surface area (Å²) in [6.07, 6.45) is 16.3. The first-order valence-electron chi connectivity index (χ1n) is 7.65. The van der Waals surface area contributed by atoms with E-state index in [9.17, 15) is 4.79 Å². The van der Waals surface area contributed by atoms with Gasteiger partial charge in [-0.3, -0.25) is 4.79 Å². The van der Waals surface area contributed by atoms with Crippen molar-refractivity contribution in [2.75, 3.05) is 0 Å². The molecule has 2 nitrogen and oxygen atoms in total. The molecule has 18 heavy (non-hydrogen) atoms. The average molecular weight is 254 g/mol. The van der Waals surface area contributed by atoms with Crippen molar-refractivity contribution in [3.05, 3.63) is 12.3 Å². The van der Waals surface area contributed by atoms with Gasteiger partial charge in [-0.25, -0.2) is 0 Å². The Kier molecular flexibility index (Phi) is 13.6. The number of carbonyl (C=O) groups excluding carboxylic acids is 1. The third-order valence-corrected chi connectivity index (χ3v) is 3.02. The second-order valence-electron chi connectivity index (χ2n) is 4.85. The summed E-state index contributed by atoms with van der Waals surface area (Å²) in [7, 11) is 0. The summed E-state index contributed by atoms with van der Waals surface area (Å²) in [5, 5.41) is 0. The summed E-state index contributed by atoms with van der Waals surface area (Å²) in [6, 6.07) is 0. The van der Waals surface area contributed by atoms with Gasteiger partial charge in [0.05, 0.1) is 6.26 Å². The largest absolute Gasteiger partial charge is 0.435 e. The Morgan fingerprint density at radius 3 is 2.00 bits per heavy atom. The van der Waals surface area contributed by atoms with Gasteiger partial charge < -0.3 is 4.74 Å². The van der Waals surface area contributed by atoms with Gasteiger partial charge in [-0.15, -0.1) is 0 Å². The van der Waals surface area contributed by atoms with E-state index in [1.807, 2.05) is 13.0 Å². The number of hydrogen-bond donors (Lipinski definition) is 0. The Hall–Kier alpha value is -0.790. The van der Waals surface area contributed by atoms with E-state index in [2.05, 4.69) is 6.92 Å². The molecule has 0 amide bonds. The van der Waals surface area contributed by atoms with Gasteiger partial charge in [0.2, 0.25) is 0 Å². The van der Waals surface area contributed by atoms with E-state index < -0.39 is 0 Å². The van der Waals surface area contributed by atoms with Crippen LogP contribution in [-0.4, -0.2) is 5.97 Å². The van der Waals surface area contributed by atoms with Gasteiger partial charge in [0.25, 0.3) is 0 Å². The number of allylic oxidation sites excluding steroid dienone is 1. The van der Waals surface area contributed by atoms with E-state index in [-0.39, 0.29) is 5.97 Å². The number of rotatable bonds is 12. The van der Waals surface area contributed by atoms with Crippen LogP contribution in [-0.2, 0) is 9.53 Å². The fourth-order valence-corrected chi connectivity index (χ4v) is 1.86. The van der Waals surface area contributed by atoms with Gasteiger partial charge in [-0.1, -0.05) is 65.2 Å². The van der Waals surface area contributed by atoms with Crippen LogP contribution in [0.15, 0.2) is 12.3 Å². The summed E-state index contributed by atoms with van der Waals surface area (Å²) in [5.74, 6) is -0.0948. The second-order valence-corrected chi connectivity index (χ2v) is 4.85. The Balaban J connectivity index is 3.15. The predicted molar refractivity (Wildman–Crippen MR) is 77.4 cm³/mol. The Morgan fingerprint density at radius 2 is 1.44 bits per heavy atom. The zero-order chi connectivity index (χ0) is 13.5. The molecule has 0 radical (unpaired) electrons. The lowest BCUT2D eigenvalue weighted by atomic mass is 10.1. The molecule has 0 bridgehead atoms. The summed E-state index contributed by atoms with van der Waals surface area (Å²) in [6.45, 7) is 4.26. The Bertz CT molecular complexity index is 209. The molecule has 0 aromatic rings. The van der Waals surface area contributed by atoms with Crippen LogP contribution in [0, 0.1) is 0 Å². The Labute approximate surface area is 113 Å². The highest BCUT2D eigenvalue weighted by Crippen LogP contribution is 2.10. The minimum absolute atomic E-state index is 0.0948. The molecular weight excluding hydrogens is 224 g/mol. The third-order valence-electron chi connectivity index (χ3n) is 3.02. The first-order chi connectivity index (χ1) is 8.81. The number of esters is 1. The fourth-order valence-electron chi connectivity index (χ4n) is 1.86. The minimum Gasteiger partial charge on any atom is -0.435 e. The van der Waals surface area contributed by atoms with Crippen molar-refractivity contribution in [2.24, 2.45) is 0 Å². The number of unbranched alkanes of at least 4 members (excludes halogenated alkanes) is 8. The van der Waals surface area contributed by atoms with Gasteiger partial charge in [-0.05, 0) is 18.9 Å². The van der Waals surface area contributed by atoms with Crippen LogP contribution in [0.2, 0.25) is 0 Å². The lowest BCUT2D eigenvalue weighted by Crippen LogP contribution is -1.98. The maximum atomic E-state index is 11.3. The number of ether oxygens (including phenoxy) is 1. The van der Waals surface area contributed by atoms with Crippen LogP contribution in [0.1, 0.15) is 84.5 Å². The summed E-state index contributed by atoms with van der Waals surface area (Å²) >= 11 is 0. The highest BCUT2D eigenvalue weighted by Gasteiger charge is 2.00. The van der Waals surface area contributed by atoms with Crippen molar-refractivity contribution in [1.82, 2.24) is 0 Å². The quantitative estimate of drug-likeness (QED) is 0.266. The van der Waals surface area contributed by atoms with E-state index in [0.717, 1.165) is 19.3 Å². The van der Waals surface area contributed by atoms with Crippen molar-refractivity contribution in [3.8, 4) is 0 Å². The number of carbonyl (C=O) groups is 1. The molecule has 0 aliphatic carbocycles. The molecule has 0 rings (SSSR count). The van der Waals surface area contributed by atoms with Gasteiger partial charge >= 0.3 is 5.97 Å². The van der Waals surface area contributed by atoms with E-state index in [0.29, 0.717) is 6.42 Å². The minimum atomic E-state index is -0.0948. The van der Waals surface area contributed by atoms with Crippen LogP contribution in [0.3, 0.4) is 0 Å². The first kappa shape index (κ1) is 17.2. The van der Waals surface area contributed by atoms with Crippen LogP contribution >= 0.6 is 0 Å². The molecule has 2 heteroatoms. The fraction of sp³-hybridized carbons (Fsp3) is 0.812. The topological polar surface area (TPSA) is 26.3 Å². The summed E-state index contributed by atoms with van der Waals surface area (Å²) in [5.41, 5.74) is 0. The van der Waals surface area contributed by atoms with E-state index in [4.69, 9.17) is 4.74 Å². The maximum Gasteiger partial charge on any atom is 0.310 e. The molecule has 0 fully saturated rings. The van der Waals surface area contributed by atoms with Gasteiger partial charge in [-0.2, -0.15) is 0 Å². The molecule has 0 spiro atoms. The summed E-state index contributed by atoms with van der Waals surface area (Å²) < 4.78 is 4.93. The molecule has 0 saturated carbocycles. The molecule has 0 atom stereocenters. The highest BCUT2D eigenvalue weighted by molar-refractivity contribution is 5.69. The standard InChI is InChI=1S/C16H30O2/c1-3-5-7-8-9-10-11-12-13-14-16(17)18-15-6-4-2/h6,15H,3-5,7-14H2,1-2H3/b15-6+. The van der Waals surface area contributed by atoms with E-state index in [1.54, 1.807) is 0 Å². The third kappa shape index (κ3) is 13.3. The van der Waals surface area contributed by atoms with Crippen LogP contribution < -0.4 is 0 Å². The first-order valence-corrected chi connectivity index (χ1v) is 7.65. The molecule has 0 aromatic carbocycles. The summed E-state index contributed by atoms with van der Waals surface area (Å²) in [4.78, 5) is 11.3. The van der Waals surface area contributed by atoms with E-state index >= 15 is 0 Å². The molecule has 0 saturated heterocycles. The van der Waals surface area contributed by atoms with E-state index in [1.165, 1.54) is 51.2 Å². The van der Waals surface area contributed by atoms with Crippen molar-refractivity contribution >= 4 is 5.97 Å². The predicted octanol–water partition coefficient (Wildman–Crippen LogP) is 5.37. The van der Waals surface area contributed by atoms with Crippen molar-refractivity contribution in [3.63, 3.8) is 0 Å². The SMILES string of the molecule is CC/C=C/OC(=O)CCCCCCCCCCC. The molecule has 0 heterocycles. The van der Waals surface area contributed by atoms with Gasteiger partial charge in [0.1, 0.15) is 0 Å².